The highest BCUT2D eigenvalue weighted by Crippen LogP contribution is 2.54. The van der Waals surface area contributed by atoms with Crippen molar-refractivity contribution in [3.63, 3.8) is 0 Å². The third-order valence-corrected chi connectivity index (χ3v) is 8.19. The normalized spacial score (nSPS) is 22.3. The van der Waals surface area contributed by atoms with Crippen LogP contribution in [0, 0.1) is 5.92 Å². The van der Waals surface area contributed by atoms with E-state index >= 15 is 0 Å². The van der Waals surface area contributed by atoms with E-state index in [4.69, 9.17) is 9.98 Å². The molecule has 36 heavy (non-hydrogen) atoms. The first-order valence-corrected chi connectivity index (χ1v) is 13.2. The van der Waals surface area contributed by atoms with E-state index < -0.39 is 0 Å². The van der Waals surface area contributed by atoms with Crippen LogP contribution in [0.1, 0.15) is 36.6 Å². The first kappa shape index (κ1) is 21.6. The molecule has 2 unspecified atom stereocenters. The minimum absolute atomic E-state index is 0.0606. The van der Waals surface area contributed by atoms with Crippen molar-refractivity contribution in [3.8, 4) is 10.6 Å². The van der Waals surface area contributed by atoms with Crippen molar-refractivity contribution in [2.45, 2.75) is 39.0 Å². The molecule has 7 rings (SSSR count). The Hall–Kier alpha value is -3.62. The molecule has 2 aliphatic carbocycles. The van der Waals surface area contributed by atoms with Gasteiger partial charge in [-0.1, -0.05) is 23.8 Å². The number of thiophene rings is 1. The number of aliphatic hydroxyl groups is 1. The number of fused-ring (bicyclic) bond motifs is 3. The van der Waals surface area contributed by atoms with Crippen LogP contribution in [0.25, 0.3) is 16.1 Å². The van der Waals surface area contributed by atoms with E-state index in [0.717, 1.165) is 57.5 Å². The van der Waals surface area contributed by atoms with Crippen molar-refractivity contribution < 1.29 is 5.11 Å². The van der Waals surface area contributed by atoms with Crippen LogP contribution in [0.15, 0.2) is 74.8 Å². The Kier molecular flexibility index (Phi) is 4.94. The van der Waals surface area contributed by atoms with Crippen LogP contribution < -0.4 is 5.32 Å². The number of amidine groups is 1. The van der Waals surface area contributed by atoms with Crippen LogP contribution >= 0.6 is 11.3 Å². The highest BCUT2D eigenvalue weighted by Gasteiger charge is 2.43. The average molecular weight is 495 g/mol. The number of aromatic nitrogens is 3. The average Bonchev–Trinajstić information content (AvgIpc) is 3.31. The standard InChI is InChI=1S/C28H26N6OS/c1-15-10-16-5-6-17(21-13-34(2)33-23(21)14-35)18-11-19(18)25(16)27(31-15)28-30-12-20-22(32-28)7-8-29-26(20)24-4-3-9-36-24/h3-9,13,15,18,35H,10-12,14H2,1-2H3,(H,30,32). The molecule has 0 aromatic carbocycles. The highest BCUT2D eigenvalue weighted by atomic mass is 32.1. The fraction of sp³-hybridized carbons (Fsp3) is 0.286. The molecular weight excluding hydrogens is 468 g/mol. The van der Waals surface area contributed by atoms with Crippen molar-refractivity contribution >= 4 is 34.1 Å². The van der Waals surface area contributed by atoms with Crippen molar-refractivity contribution in [2.75, 3.05) is 5.32 Å². The lowest BCUT2D eigenvalue weighted by Crippen LogP contribution is -2.33. The molecule has 2 aliphatic heterocycles. The van der Waals surface area contributed by atoms with Crippen molar-refractivity contribution in [1.29, 1.82) is 0 Å². The molecule has 0 spiro atoms. The minimum atomic E-state index is -0.0606. The number of anilines is 1. The fourth-order valence-electron chi connectivity index (χ4n) is 5.66. The van der Waals surface area contributed by atoms with Gasteiger partial charge in [-0.25, -0.2) is 0 Å². The van der Waals surface area contributed by atoms with E-state index in [-0.39, 0.29) is 12.6 Å². The molecule has 0 bridgehead atoms. The zero-order chi connectivity index (χ0) is 24.4. The SMILES string of the molecule is CC1CC2=CC=C(c3cn(C)nc3CO)C3CC3=C2C(C2=NCc3c(ccnc3-c3cccs3)N2)=N1. The molecule has 3 aromatic heterocycles. The predicted octanol–water partition coefficient (Wildman–Crippen LogP) is 4.93. The van der Waals surface area contributed by atoms with Gasteiger partial charge >= 0.3 is 0 Å². The number of hydrogen-bond acceptors (Lipinski definition) is 7. The second-order valence-electron chi connectivity index (χ2n) is 9.78. The maximum Gasteiger partial charge on any atom is 0.152 e. The number of allylic oxidation sites excluding steroid dienone is 4. The lowest BCUT2D eigenvalue weighted by atomic mass is 9.89. The first-order valence-electron chi connectivity index (χ1n) is 12.3. The Morgan fingerprint density at radius 3 is 2.97 bits per heavy atom. The molecule has 3 aromatic rings. The summed E-state index contributed by atoms with van der Waals surface area (Å²) < 4.78 is 1.79. The summed E-state index contributed by atoms with van der Waals surface area (Å²) in [5.74, 6) is 1.17. The number of pyridine rings is 1. The maximum absolute atomic E-state index is 9.87. The van der Waals surface area contributed by atoms with Gasteiger partial charge in [0.1, 0.15) is 5.71 Å². The molecule has 8 heteroatoms. The molecule has 2 atom stereocenters. The van der Waals surface area contributed by atoms with E-state index in [1.54, 1.807) is 16.0 Å². The molecule has 180 valence electrons. The third-order valence-electron chi connectivity index (χ3n) is 7.32. The molecule has 2 N–H and O–H groups in total. The molecule has 5 heterocycles. The highest BCUT2D eigenvalue weighted by molar-refractivity contribution is 7.13. The molecule has 1 saturated carbocycles. The molecule has 0 amide bonds. The van der Waals surface area contributed by atoms with Crippen LogP contribution in [0.2, 0.25) is 0 Å². The lowest BCUT2D eigenvalue weighted by molar-refractivity contribution is 0.275. The van der Waals surface area contributed by atoms with Gasteiger partial charge in [-0.05, 0) is 48.4 Å². The third kappa shape index (κ3) is 3.43. The van der Waals surface area contributed by atoms with Gasteiger partial charge in [-0.2, -0.15) is 5.10 Å². The summed E-state index contributed by atoms with van der Waals surface area (Å²) in [5, 5.41) is 20.0. The quantitative estimate of drug-likeness (QED) is 0.538. The second-order valence-corrected chi connectivity index (χ2v) is 10.7. The van der Waals surface area contributed by atoms with Crippen LogP contribution in [-0.4, -0.2) is 37.5 Å². The molecule has 4 aliphatic rings. The van der Waals surface area contributed by atoms with Gasteiger partial charge < -0.3 is 10.4 Å². The van der Waals surface area contributed by atoms with Gasteiger partial charge in [0.25, 0.3) is 0 Å². The maximum atomic E-state index is 9.87. The van der Waals surface area contributed by atoms with Crippen LogP contribution in [0.5, 0.6) is 0 Å². The van der Waals surface area contributed by atoms with Crippen LogP contribution in [0.4, 0.5) is 5.69 Å². The molecular formula is C28H26N6OS. The Morgan fingerprint density at radius 1 is 1.22 bits per heavy atom. The molecule has 1 fully saturated rings. The van der Waals surface area contributed by atoms with E-state index in [0.29, 0.717) is 12.5 Å². The number of rotatable bonds is 4. The Labute approximate surface area is 213 Å². The van der Waals surface area contributed by atoms with Gasteiger partial charge in [-0.15, -0.1) is 11.3 Å². The first-order chi connectivity index (χ1) is 17.6. The zero-order valence-electron chi connectivity index (χ0n) is 20.2. The Morgan fingerprint density at radius 2 is 2.14 bits per heavy atom. The summed E-state index contributed by atoms with van der Waals surface area (Å²) in [6.07, 6.45) is 10.3. The summed E-state index contributed by atoms with van der Waals surface area (Å²) >= 11 is 1.70. The lowest BCUT2D eigenvalue weighted by Gasteiger charge is -2.27. The van der Waals surface area contributed by atoms with Crippen LogP contribution in [-0.2, 0) is 20.2 Å². The van der Waals surface area contributed by atoms with Gasteiger partial charge in [0, 0.05) is 47.7 Å². The smallest absolute Gasteiger partial charge is 0.152 e. The monoisotopic (exact) mass is 494 g/mol. The molecule has 0 radical (unpaired) electrons. The summed E-state index contributed by atoms with van der Waals surface area (Å²) in [4.78, 5) is 15.9. The van der Waals surface area contributed by atoms with E-state index in [1.807, 2.05) is 25.5 Å². The van der Waals surface area contributed by atoms with Crippen molar-refractivity contribution in [1.82, 2.24) is 14.8 Å². The van der Waals surface area contributed by atoms with E-state index in [9.17, 15) is 5.11 Å². The topological polar surface area (TPSA) is 87.7 Å². The number of nitrogens with one attached hydrogen (secondary N) is 1. The number of aliphatic hydroxyl groups excluding tert-OH is 1. The largest absolute Gasteiger partial charge is 0.390 e. The van der Waals surface area contributed by atoms with Gasteiger partial charge in [0.15, 0.2) is 5.84 Å². The number of hydrogen-bond donors (Lipinski definition) is 2. The van der Waals surface area contributed by atoms with Crippen LogP contribution in [0.3, 0.4) is 0 Å². The summed E-state index contributed by atoms with van der Waals surface area (Å²) in [7, 11) is 1.90. The van der Waals surface area contributed by atoms with Gasteiger partial charge in [-0.3, -0.25) is 19.7 Å². The number of aliphatic imine (C=N–C) groups is 2. The van der Waals surface area contributed by atoms with Gasteiger partial charge in [0.05, 0.1) is 35.5 Å². The Balaban J connectivity index is 1.26. The summed E-state index contributed by atoms with van der Waals surface area (Å²) in [5.41, 5.74) is 11.1. The zero-order valence-corrected chi connectivity index (χ0v) is 21.0. The van der Waals surface area contributed by atoms with Gasteiger partial charge in [0.2, 0.25) is 0 Å². The predicted molar refractivity (Wildman–Crippen MR) is 144 cm³/mol. The summed E-state index contributed by atoms with van der Waals surface area (Å²) in [6, 6.07) is 6.38. The minimum Gasteiger partial charge on any atom is -0.390 e. The van der Waals surface area contributed by atoms with Crippen molar-refractivity contribution in [2.24, 2.45) is 23.0 Å². The number of nitrogens with zero attached hydrogens (tertiary/aromatic N) is 5. The summed E-state index contributed by atoms with van der Waals surface area (Å²) in [6.45, 7) is 2.69. The van der Waals surface area contributed by atoms with Crippen molar-refractivity contribution in [3.05, 3.63) is 81.7 Å². The Bertz CT molecular complexity index is 1550. The fourth-order valence-corrected chi connectivity index (χ4v) is 6.41. The molecule has 7 nitrogen and oxygen atoms in total. The van der Waals surface area contributed by atoms with E-state index in [1.165, 1.54) is 22.3 Å². The number of aryl methyl sites for hydroxylation is 1. The second kappa shape index (κ2) is 8.21. The molecule has 0 saturated heterocycles. The van der Waals surface area contributed by atoms with E-state index in [2.05, 4.69) is 52.0 Å².